The van der Waals surface area contributed by atoms with Gasteiger partial charge in [-0.1, -0.05) is 0 Å². The minimum absolute atomic E-state index is 0.176. The Hall–Kier alpha value is -2.51. The summed E-state index contributed by atoms with van der Waals surface area (Å²) < 4.78 is 29.4. The van der Waals surface area contributed by atoms with Gasteiger partial charge in [-0.25, -0.2) is 13.8 Å². The number of nitrogens with zero attached hydrogens (tertiary/aromatic N) is 4. The monoisotopic (exact) mass is 282 g/mol. The Morgan fingerprint density at radius 3 is 2.45 bits per heavy atom. The molecule has 2 rings (SSSR count). The van der Waals surface area contributed by atoms with Gasteiger partial charge in [-0.05, 0) is 0 Å². The molecule has 0 aliphatic rings. The Bertz CT molecular complexity index is 634. The third-order valence-corrected chi connectivity index (χ3v) is 2.89. The fourth-order valence-electron chi connectivity index (χ4n) is 1.86. The number of rotatable bonds is 4. The van der Waals surface area contributed by atoms with E-state index in [1.54, 1.807) is 24.0 Å². The molecule has 0 bridgehead atoms. The number of nitro groups is 1. The highest BCUT2D eigenvalue weighted by Gasteiger charge is 2.20. The Morgan fingerprint density at radius 2 is 2.00 bits per heavy atom. The van der Waals surface area contributed by atoms with Crippen LogP contribution in [0.25, 0.3) is 0 Å². The van der Waals surface area contributed by atoms with E-state index in [1.165, 1.54) is 11.9 Å². The number of benzene rings is 1. The van der Waals surface area contributed by atoms with Gasteiger partial charge in [0, 0.05) is 26.5 Å². The molecule has 0 unspecified atom stereocenters. The van der Waals surface area contributed by atoms with Crippen molar-refractivity contribution in [2.45, 2.75) is 6.54 Å². The number of hydrogen-bond donors (Lipinski definition) is 0. The van der Waals surface area contributed by atoms with E-state index in [1.807, 2.05) is 0 Å². The highest BCUT2D eigenvalue weighted by Crippen LogP contribution is 2.28. The molecule has 1 aromatic heterocycles. The molecule has 20 heavy (non-hydrogen) atoms. The minimum atomic E-state index is -0.978. The Morgan fingerprint density at radius 1 is 1.40 bits per heavy atom. The number of aryl methyl sites for hydroxylation is 1. The summed E-state index contributed by atoms with van der Waals surface area (Å²) in [5.41, 5.74) is -0.937. The molecule has 0 radical (unpaired) electrons. The zero-order valence-corrected chi connectivity index (χ0v) is 10.9. The molecular weight excluding hydrogens is 270 g/mol. The topological polar surface area (TPSA) is 64.2 Å². The van der Waals surface area contributed by atoms with Crippen molar-refractivity contribution in [2.24, 2.45) is 7.05 Å². The smallest absolute Gasteiger partial charge is 0.275 e. The molecule has 0 aliphatic carbocycles. The first kappa shape index (κ1) is 13.9. The van der Waals surface area contributed by atoms with E-state index in [0.29, 0.717) is 18.0 Å². The van der Waals surface area contributed by atoms with Gasteiger partial charge < -0.3 is 9.47 Å². The molecule has 106 valence electrons. The van der Waals surface area contributed by atoms with Gasteiger partial charge in [-0.15, -0.1) is 0 Å². The van der Waals surface area contributed by atoms with Gasteiger partial charge in [0.2, 0.25) is 0 Å². The molecule has 0 atom stereocenters. The first-order valence-electron chi connectivity index (χ1n) is 5.71. The Balaban J connectivity index is 2.33. The average Bonchev–Trinajstić information content (AvgIpc) is 2.74. The zero-order valence-electron chi connectivity index (χ0n) is 10.9. The quantitative estimate of drug-likeness (QED) is 0.637. The summed E-state index contributed by atoms with van der Waals surface area (Å²) in [7, 11) is 3.25. The maximum Gasteiger partial charge on any atom is 0.275 e. The van der Waals surface area contributed by atoms with Crippen LogP contribution in [0.4, 0.5) is 20.2 Å². The average molecular weight is 282 g/mol. The summed E-state index contributed by atoms with van der Waals surface area (Å²) in [4.78, 5) is 15.1. The van der Waals surface area contributed by atoms with E-state index in [0.717, 1.165) is 0 Å². The zero-order chi connectivity index (χ0) is 14.9. The van der Waals surface area contributed by atoms with Gasteiger partial charge in [0.05, 0.1) is 23.6 Å². The number of hydrogen-bond acceptors (Lipinski definition) is 4. The van der Waals surface area contributed by atoms with Crippen molar-refractivity contribution in [2.75, 3.05) is 11.9 Å². The van der Waals surface area contributed by atoms with Crippen LogP contribution in [0.2, 0.25) is 0 Å². The standard InChI is InChI=1S/C12H12F2N4O2/c1-16-4-3-15-11(16)7-17(2)12-9(13)5-8(18(19)20)6-10(12)14/h3-6H,7H2,1-2H3. The van der Waals surface area contributed by atoms with Crippen molar-refractivity contribution in [1.82, 2.24) is 9.55 Å². The maximum absolute atomic E-state index is 13.8. The van der Waals surface area contributed by atoms with Crippen LogP contribution in [0.15, 0.2) is 24.5 Å². The second-order valence-corrected chi connectivity index (χ2v) is 4.33. The van der Waals surface area contributed by atoms with Gasteiger partial charge in [-0.3, -0.25) is 10.1 Å². The number of nitro benzene ring substituents is 1. The lowest BCUT2D eigenvalue weighted by Crippen LogP contribution is -2.21. The number of aromatic nitrogens is 2. The fraction of sp³-hybridized carbons (Fsp3) is 0.250. The molecule has 1 heterocycles. The Kier molecular flexibility index (Phi) is 3.64. The number of imidazole rings is 1. The number of non-ortho nitro benzene ring substituents is 1. The molecule has 1 aromatic carbocycles. The van der Waals surface area contributed by atoms with E-state index in [4.69, 9.17) is 0 Å². The molecule has 0 aliphatic heterocycles. The summed E-state index contributed by atoms with van der Waals surface area (Å²) in [6.45, 7) is 0.176. The lowest BCUT2D eigenvalue weighted by Gasteiger charge is -2.20. The van der Waals surface area contributed by atoms with E-state index in [-0.39, 0.29) is 12.2 Å². The molecule has 0 saturated heterocycles. The van der Waals surface area contributed by atoms with Gasteiger partial charge >= 0.3 is 0 Å². The van der Waals surface area contributed by atoms with Crippen molar-refractivity contribution in [1.29, 1.82) is 0 Å². The lowest BCUT2D eigenvalue weighted by molar-refractivity contribution is -0.385. The second kappa shape index (κ2) is 5.24. The van der Waals surface area contributed by atoms with Crippen LogP contribution in [0.3, 0.4) is 0 Å². The minimum Gasteiger partial charge on any atom is -0.362 e. The predicted molar refractivity (Wildman–Crippen MR) is 68.3 cm³/mol. The van der Waals surface area contributed by atoms with Gasteiger partial charge in [0.25, 0.3) is 5.69 Å². The van der Waals surface area contributed by atoms with Crippen LogP contribution in [-0.2, 0) is 13.6 Å². The molecule has 8 heteroatoms. The van der Waals surface area contributed by atoms with Crippen molar-refractivity contribution in [3.63, 3.8) is 0 Å². The number of halogens is 2. The molecule has 0 spiro atoms. The third-order valence-electron chi connectivity index (χ3n) is 2.89. The highest BCUT2D eigenvalue weighted by atomic mass is 19.1. The van der Waals surface area contributed by atoms with Crippen molar-refractivity contribution >= 4 is 11.4 Å². The Labute approximate surface area is 113 Å². The largest absolute Gasteiger partial charge is 0.362 e. The molecule has 0 amide bonds. The maximum atomic E-state index is 13.8. The van der Waals surface area contributed by atoms with Crippen LogP contribution < -0.4 is 4.90 Å². The molecular formula is C12H12F2N4O2. The van der Waals surface area contributed by atoms with E-state index in [9.17, 15) is 18.9 Å². The summed E-state index contributed by atoms with van der Waals surface area (Å²) in [6, 6.07) is 1.40. The van der Waals surface area contributed by atoms with Gasteiger partial charge in [0.15, 0.2) is 11.6 Å². The van der Waals surface area contributed by atoms with E-state index in [2.05, 4.69) is 4.98 Å². The van der Waals surface area contributed by atoms with Crippen LogP contribution in [0.5, 0.6) is 0 Å². The predicted octanol–water partition coefficient (Wildman–Crippen LogP) is 2.24. The number of anilines is 1. The normalized spacial score (nSPS) is 10.6. The van der Waals surface area contributed by atoms with Gasteiger partial charge in [0.1, 0.15) is 11.5 Å². The summed E-state index contributed by atoms with van der Waals surface area (Å²) in [6.07, 6.45) is 3.29. The first-order chi connectivity index (χ1) is 9.40. The SMILES string of the molecule is CN(Cc1nccn1C)c1c(F)cc([N+](=O)[O-])cc1F. The molecule has 6 nitrogen and oxygen atoms in total. The first-order valence-corrected chi connectivity index (χ1v) is 5.71. The highest BCUT2D eigenvalue weighted by molar-refractivity contribution is 5.53. The molecule has 0 N–H and O–H groups in total. The van der Waals surface area contributed by atoms with Crippen LogP contribution in [0, 0.1) is 21.7 Å². The van der Waals surface area contributed by atoms with Crippen molar-refractivity contribution in [3.8, 4) is 0 Å². The molecule has 0 fully saturated rings. The van der Waals surface area contributed by atoms with Crippen LogP contribution in [-0.4, -0.2) is 21.5 Å². The van der Waals surface area contributed by atoms with Crippen LogP contribution >= 0.6 is 0 Å². The summed E-state index contributed by atoms with van der Waals surface area (Å²) in [5, 5.41) is 10.5. The van der Waals surface area contributed by atoms with E-state index >= 15 is 0 Å². The molecule has 0 saturated carbocycles. The van der Waals surface area contributed by atoms with E-state index < -0.39 is 22.2 Å². The third kappa shape index (κ3) is 2.58. The lowest BCUT2D eigenvalue weighted by atomic mass is 10.2. The van der Waals surface area contributed by atoms with Crippen LogP contribution in [0.1, 0.15) is 5.82 Å². The van der Waals surface area contributed by atoms with Crippen molar-refractivity contribution < 1.29 is 13.7 Å². The second-order valence-electron chi connectivity index (χ2n) is 4.33. The summed E-state index contributed by atoms with van der Waals surface area (Å²) >= 11 is 0. The summed E-state index contributed by atoms with van der Waals surface area (Å²) in [5.74, 6) is -1.34. The fourth-order valence-corrected chi connectivity index (χ4v) is 1.86. The van der Waals surface area contributed by atoms with Gasteiger partial charge in [-0.2, -0.15) is 0 Å². The molecule has 2 aromatic rings. The van der Waals surface area contributed by atoms with Crippen molar-refractivity contribution in [3.05, 3.63) is 52.1 Å².